The second-order valence-corrected chi connectivity index (χ2v) is 7.25. The summed E-state index contributed by atoms with van der Waals surface area (Å²) < 4.78 is 38.8. The molecule has 2 aromatic rings. The summed E-state index contributed by atoms with van der Waals surface area (Å²) >= 11 is 6.10. The van der Waals surface area contributed by atoms with Crippen molar-refractivity contribution in [3.8, 4) is 0 Å². The maximum Gasteiger partial charge on any atom is 0.432 e. The number of anilines is 1. The molecule has 5 nitrogen and oxygen atoms in total. The number of amides is 1. The molecule has 0 spiro atoms. The number of aliphatic hydroxyl groups excluding tert-OH is 1. The molecule has 3 rings (SSSR count). The zero-order valence-corrected chi connectivity index (χ0v) is 16.5. The van der Waals surface area contributed by atoms with Crippen molar-refractivity contribution in [2.45, 2.75) is 18.7 Å². The van der Waals surface area contributed by atoms with Crippen LogP contribution in [0, 0.1) is 5.41 Å². The third-order valence-corrected chi connectivity index (χ3v) is 4.96. The van der Waals surface area contributed by atoms with Crippen molar-refractivity contribution in [2.75, 3.05) is 18.4 Å². The van der Waals surface area contributed by atoms with Crippen LogP contribution in [-0.2, 0) is 0 Å². The van der Waals surface area contributed by atoms with Gasteiger partial charge in [0, 0.05) is 24.4 Å². The fourth-order valence-electron chi connectivity index (χ4n) is 3.03. The van der Waals surface area contributed by atoms with E-state index in [9.17, 15) is 23.1 Å². The number of para-hydroxylation sites is 1. The van der Waals surface area contributed by atoms with E-state index in [1.54, 1.807) is 24.3 Å². The van der Waals surface area contributed by atoms with E-state index in [1.807, 2.05) is 0 Å². The van der Waals surface area contributed by atoms with Crippen LogP contribution in [0.15, 0.2) is 54.6 Å². The largest absolute Gasteiger partial charge is 0.432 e. The Labute approximate surface area is 176 Å². The third-order valence-electron chi connectivity index (χ3n) is 4.63. The lowest BCUT2D eigenvalue weighted by Crippen LogP contribution is -2.29. The first-order valence-corrected chi connectivity index (χ1v) is 9.49. The lowest BCUT2D eigenvalue weighted by Gasteiger charge is -2.17. The average Bonchev–Trinajstić information content (AvgIpc) is 3.14. The summed E-state index contributed by atoms with van der Waals surface area (Å²) in [5, 5.41) is 20.1. The monoisotopic (exact) mass is 437 g/mol. The number of likely N-dealkylation sites (tertiary alicyclic amines) is 1. The fraction of sp³-hybridized carbons (Fsp3) is 0.238. The number of rotatable bonds is 5. The number of aliphatic hydroxyl groups is 1. The van der Waals surface area contributed by atoms with Gasteiger partial charge in [0.15, 0.2) is 0 Å². The molecule has 1 saturated heterocycles. The van der Waals surface area contributed by atoms with Crippen molar-refractivity contribution in [2.24, 2.45) is 0 Å². The number of allylic oxidation sites excluding steroid dienone is 1. The van der Waals surface area contributed by atoms with Crippen LogP contribution < -0.4 is 5.32 Å². The Balaban J connectivity index is 1.89. The standard InChI is InChI=1S/C21H19ClF3N3O2/c22-16-3-1-2-4-17(16)27-18(11-19(26)21(23,24)25)13-5-7-14(8-6-13)20(30)28-10-9-15(29)12-28/h1-8,11,15,26-27,29H,9-10,12H2/b18-11-,26-19?/t15-/m1/s1. The highest BCUT2D eigenvalue weighted by Gasteiger charge is 2.33. The molecule has 1 aliphatic rings. The molecule has 2 aromatic carbocycles. The van der Waals surface area contributed by atoms with Gasteiger partial charge in [0.2, 0.25) is 0 Å². The molecule has 0 radical (unpaired) electrons. The van der Waals surface area contributed by atoms with Gasteiger partial charge in [-0.05, 0) is 42.3 Å². The summed E-state index contributed by atoms with van der Waals surface area (Å²) in [4.78, 5) is 14.0. The summed E-state index contributed by atoms with van der Waals surface area (Å²) in [6, 6.07) is 12.5. The van der Waals surface area contributed by atoms with Crippen molar-refractivity contribution in [1.82, 2.24) is 4.90 Å². The molecule has 1 aliphatic heterocycles. The van der Waals surface area contributed by atoms with Gasteiger partial charge in [-0.25, -0.2) is 0 Å². The summed E-state index contributed by atoms with van der Waals surface area (Å²) in [5.74, 6) is -0.259. The van der Waals surface area contributed by atoms with E-state index in [-0.39, 0.29) is 18.1 Å². The Morgan fingerprint density at radius 2 is 1.80 bits per heavy atom. The van der Waals surface area contributed by atoms with Gasteiger partial charge in [0.25, 0.3) is 5.91 Å². The van der Waals surface area contributed by atoms with E-state index in [4.69, 9.17) is 17.0 Å². The third kappa shape index (κ3) is 5.20. The van der Waals surface area contributed by atoms with Crippen LogP contribution in [0.5, 0.6) is 0 Å². The predicted octanol–water partition coefficient (Wildman–Crippen LogP) is 4.58. The van der Waals surface area contributed by atoms with Crippen LogP contribution in [0.25, 0.3) is 5.70 Å². The summed E-state index contributed by atoms with van der Waals surface area (Å²) in [5.41, 5.74) is -0.423. The lowest BCUT2D eigenvalue weighted by atomic mass is 10.1. The molecule has 0 saturated carbocycles. The second-order valence-electron chi connectivity index (χ2n) is 6.85. The molecule has 0 aliphatic carbocycles. The van der Waals surface area contributed by atoms with Gasteiger partial charge in [-0.1, -0.05) is 35.9 Å². The molecule has 1 heterocycles. The van der Waals surface area contributed by atoms with E-state index in [2.05, 4.69) is 5.32 Å². The van der Waals surface area contributed by atoms with Gasteiger partial charge >= 0.3 is 6.18 Å². The average molecular weight is 438 g/mol. The van der Waals surface area contributed by atoms with Crippen LogP contribution in [0.2, 0.25) is 5.02 Å². The maximum absolute atomic E-state index is 12.9. The Kier molecular flexibility index (Phi) is 6.48. The number of hydrogen-bond donors (Lipinski definition) is 3. The highest BCUT2D eigenvalue weighted by molar-refractivity contribution is 6.33. The topological polar surface area (TPSA) is 76.4 Å². The predicted molar refractivity (Wildman–Crippen MR) is 110 cm³/mol. The molecule has 0 aromatic heterocycles. The molecule has 0 unspecified atom stereocenters. The van der Waals surface area contributed by atoms with E-state index in [1.165, 1.54) is 29.2 Å². The molecule has 1 amide bonds. The summed E-state index contributed by atoms with van der Waals surface area (Å²) in [6.07, 6.45) is -4.16. The minimum Gasteiger partial charge on any atom is -0.391 e. The minimum atomic E-state index is -4.81. The van der Waals surface area contributed by atoms with Crippen molar-refractivity contribution >= 4 is 34.6 Å². The Hall–Kier alpha value is -2.84. The van der Waals surface area contributed by atoms with Gasteiger partial charge in [0.05, 0.1) is 16.8 Å². The molecular weight excluding hydrogens is 419 g/mol. The van der Waals surface area contributed by atoms with Crippen LogP contribution in [0.3, 0.4) is 0 Å². The number of nitrogens with zero attached hydrogens (tertiary/aromatic N) is 1. The highest BCUT2D eigenvalue weighted by Crippen LogP contribution is 2.27. The quantitative estimate of drug-likeness (QED) is 0.599. The second kappa shape index (κ2) is 8.89. The van der Waals surface area contributed by atoms with Gasteiger partial charge < -0.3 is 15.3 Å². The number of halogens is 4. The van der Waals surface area contributed by atoms with Crippen molar-refractivity contribution in [1.29, 1.82) is 5.41 Å². The zero-order chi connectivity index (χ0) is 21.9. The SMILES string of the molecule is N=C(/C=C(\Nc1ccccc1Cl)c1ccc(C(=O)N2CC[C@@H](O)C2)cc1)C(F)(F)F. The van der Waals surface area contributed by atoms with Crippen LogP contribution in [0.4, 0.5) is 18.9 Å². The minimum absolute atomic E-state index is 0.0148. The summed E-state index contributed by atoms with van der Waals surface area (Å²) in [7, 11) is 0. The van der Waals surface area contributed by atoms with Crippen LogP contribution in [0.1, 0.15) is 22.3 Å². The Morgan fingerprint density at radius 3 is 2.37 bits per heavy atom. The van der Waals surface area contributed by atoms with E-state index in [0.717, 1.165) is 0 Å². The lowest BCUT2D eigenvalue weighted by molar-refractivity contribution is -0.0583. The maximum atomic E-state index is 12.9. The molecule has 3 N–H and O–H groups in total. The number of β-amino-alcohol motifs (C(OH)–C–C–N with tert-alkyl or cyclic N) is 1. The van der Waals surface area contributed by atoms with Gasteiger partial charge in [-0.3, -0.25) is 10.2 Å². The van der Waals surface area contributed by atoms with Gasteiger partial charge in [-0.2, -0.15) is 13.2 Å². The molecule has 9 heteroatoms. The summed E-state index contributed by atoms with van der Waals surface area (Å²) in [6.45, 7) is 0.701. The number of hydrogen-bond acceptors (Lipinski definition) is 4. The van der Waals surface area contributed by atoms with Gasteiger partial charge in [0.1, 0.15) is 5.71 Å². The molecule has 0 bridgehead atoms. The molecule has 30 heavy (non-hydrogen) atoms. The first-order chi connectivity index (χ1) is 14.1. The first kappa shape index (κ1) is 21.9. The number of carbonyl (C=O) groups is 1. The number of carbonyl (C=O) groups excluding carboxylic acids is 1. The molecule has 158 valence electrons. The number of nitrogens with one attached hydrogen (secondary N) is 2. The highest BCUT2D eigenvalue weighted by atomic mass is 35.5. The number of benzene rings is 2. The Bertz CT molecular complexity index is 974. The normalized spacial score (nSPS) is 17.2. The zero-order valence-electron chi connectivity index (χ0n) is 15.7. The first-order valence-electron chi connectivity index (χ1n) is 9.12. The van der Waals surface area contributed by atoms with E-state index < -0.39 is 18.0 Å². The van der Waals surface area contributed by atoms with Gasteiger partial charge in [-0.15, -0.1) is 0 Å². The van der Waals surface area contributed by atoms with Crippen LogP contribution >= 0.6 is 11.6 Å². The van der Waals surface area contributed by atoms with E-state index in [0.29, 0.717) is 40.9 Å². The van der Waals surface area contributed by atoms with Crippen molar-refractivity contribution in [3.05, 3.63) is 70.8 Å². The Morgan fingerprint density at radius 1 is 1.17 bits per heavy atom. The molecule has 1 atom stereocenters. The number of alkyl halides is 3. The fourth-order valence-corrected chi connectivity index (χ4v) is 3.21. The van der Waals surface area contributed by atoms with Crippen LogP contribution in [-0.4, -0.2) is 47.0 Å². The molecular formula is C21H19ClF3N3O2. The van der Waals surface area contributed by atoms with Crippen molar-refractivity contribution in [3.63, 3.8) is 0 Å². The molecule has 1 fully saturated rings. The smallest absolute Gasteiger partial charge is 0.391 e. The van der Waals surface area contributed by atoms with E-state index >= 15 is 0 Å². The van der Waals surface area contributed by atoms with Crippen molar-refractivity contribution < 1.29 is 23.1 Å².